The van der Waals surface area contributed by atoms with Crippen LogP contribution in [0.2, 0.25) is 0 Å². The number of carbonyl (C=O) groups excluding carboxylic acids is 3. The molecule has 0 rings (SSSR count). The van der Waals surface area contributed by atoms with E-state index in [0.29, 0.717) is 12.8 Å². The second kappa shape index (κ2) is 20.0. The van der Waals surface area contributed by atoms with Crippen LogP contribution < -0.4 is 5.73 Å². The molecule has 0 spiro atoms. The molecule has 0 fully saturated rings. The molecule has 13 heteroatoms. The minimum Gasteiger partial charge on any atom is -0.460 e. The van der Waals surface area contributed by atoms with Crippen molar-refractivity contribution in [2.24, 2.45) is 5.73 Å². The molecular formula is C30H59N3O10. The minimum absolute atomic E-state index is 0.0747. The molecule has 0 unspecified atom stereocenters. The SMILES string of the molecule is C=CC(=O)OC(C)(C)C.CC(C)(C)OC(=O)CCC(C)(C)[N+](=O)[O-].CC(C)(N)CCC(=O)OC(C)(C)C.CC(C)[N+](=O)[O-]. The van der Waals surface area contributed by atoms with Crippen molar-refractivity contribution in [1.29, 1.82) is 0 Å². The van der Waals surface area contributed by atoms with E-state index in [1.165, 1.54) is 13.8 Å². The van der Waals surface area contributed by atoms with Gasteiger partial charge in [-0.25, -0.2) is 4.79 Å². The quantitative estimate of drug-likeness (QED) is 0.101. The van der Waals surface area contributed by atoms with Crippen LogP contribution in [0.15, 0.2) is 12.7 Å². The van der Waals surface area contributed by atoms with Gasteiger partial charge in [-0.1, -0.05) is 6.58 Å². The van der Waals surface area contributed by atoms with Gasteiger partial charge in [-0.05, 0) is 82.6 Å². The number of nitrogens with zero attached hydrogens (tertiary/aromatic N) is 2. The first-order valence-electron chi connectivity index (χ1n) is 14.1. The molecule has 0 aliphatic heterocycles. The Bertz CT molecular complexity index is 886. The first-order chi connectivity index (χ1) is 18.7. The van der Waals surface area contributed by atoms with E-state index in [4.69, 9.17) is 19.9 Å². The maximum absolute atomic E-state index is 11.3. The summed E-state index contributed by atoms with van der Waals surface area (Å²) >= 11 is 0. The van der Waals surface area contributed by atoms with E-state index in [9.17, 15) is 34.6 Å². The second-order valence-electron chi connectivity index (χ2n) is 14.3. The van der Waals surface area contributed by atoms with Crippen molar-refractivity contribution in [2.45, 2.75) is 163 Å². The second-order valence-corrected chi connectivity index (χ2v) is 14.3. The molecule has 254 valence electrons. The van der Waals surface area contributed by atoms with Crippen LogP contribution in [-0.2, 0) is 28.6 Å². The fourth-order valence-electron chi connectivity index (χ4n) is 2.05. The number of nitro groups is 2. The number of rotatable bonds is 9. The number of hydrogen-bond acceptors (Lipinski definition) is 11. The lowest BCUT2D eigenvalue weighted by Gasteiger charge is -2.22. The monoisotopic (exact) mass is 621 g/mol. The molecule has 0 aliphatic rings. The van der Waals surface area contributed by atoms with Gasteiger partial charge in [-0.15, -0.1) is 0 Å². The zero-order chi connectivity index (χ0) is 35.6. The van der Waals surface area contributed by atoms with Crippen LogP contribution in [0.5, 0.6) is 0 Å². The van der Waals surface area contributed by atoms with E-state index < -0.39 is 34.4 Å². The van der Waals surface area contributed by atoms with Gasteiger partial charge >= 0.3 is 17.9 Å². The van der Waals surface area contributed by atoms with E-state index >= 15 is 0 Å². The van der Waals surface area contributed by atoms with Crippen LogP contribution in [0, 0.1) is 20.2 Å². The summed E-state index contributed by atoms with van der Waals surface area (Å²) in [5.41, 5.74) is 3.05. The van der Waals surface area contributed by atoms with Crippen molar-refractivity contribution < 1.29 is 38.4 Å². The van der Waals surface area contributed by atoms with Gasteiger partial charge in [0.2, 0.25) is 11.6 Å². The summed E-state index contributed by atoms with van der Waals surface area (Å²) < 4.78 is 15.0. The van der Waals surface area contributed by atoms with E-state index in [1.54, 1.807) is 34.6 Å². The Morgan fingerprint density at radius 2 is 1.02 bits per heavy atom. The van der Waals surface area contributed by atoms with Crippen molar-refractivity contribution in [2.75, 3.05) is 0 Å². The third-order valence-electron chi connectivity index (χ3n) is 4.24. The van der Waals surface area contributed by atoms with Gasteiger partial charge in [0, 0.05) is 62.0 Å². The summed E-state index contributed by atoms with van der Waals surface area (Å²) in [5, 5.41) is 20.1. The molecule has 0 bridgehead atoms. The average Bonchev–Trinajstić information content (AvgIpc) is 2.73. The summed E-state index contributed by atoms with van der Waals surface area (Å²) in [5.74, 6) is -0.939. The maximum Gasteiger partial charge on any atom is 0.330 e. The van der Waals surface area contributed by atoms with E-state index in [0.717, 1.165) is 6.08 Å². The van der Waals surface area contributed by atoms with E-state index in [-0.39, 0.29) is 40.2 Å². The summed E-state index contributed by atoms with van der Waals surface area (Å²) in [6.07, 6.45) is 2.47. The van der Waals surface area contributed by atoms with Gasteiger partial charge < -0.3 is 19.9 Å². The highest BCUT2D eigenvalue weighted by Gasteiger charge is 2.32. The average molecular weight is 622 g/mol. The molecule has 0 saturated heterocycles. The minimum atomic E-state index is -1.07. The molecule has 0 aromatic heterocycles. The van der Waals surface area contributed by atoms with Gasteiger partial charge in [0.05, 0.1) is 6.42 Å². The normalized spacial score (nSPS) is 11.7. The van der Waals surface area contributed by atoms with Crippen LogP contribution in [0.3, 0.4) is 0 Å². The van der Waals surface area contributed by atoms with E-state index in [2.05, 4.69) is 6.58 Å². The predicted molar refractivity (Wildman–Crippen MR) is 168 cm³/mol. The number of ether oxygens (including phenoxy) is 3. The Balaban J connectivity index is -0.000000248. The van der Waals surface area contributed by atoms with Gasteiger partial charge in [-0.2, -0.15) is 0 Å². The van der Waals surface area contributed by atoms with Gasteiger partial charge in [0.15, 0.2) is 0 Å². The van der Waals surface area contributed by atoms with Crippen LogP contribution in [-0.4, -0.2) is 61.7 Å². The lowest BCUT2D eigenvalue weighted by molar-refractivity contribution is -0.561. The maximum atomic E-state index is 11.3. The standard InChI is InChI=1S/C10H19NO4.C10H21NO2.C7H12O2.C3H7NO2/c1-9(2,3)15-8(12)6-7-10(4,5)11(13)14;1-9(2,3)13-8(12)6-7-10(4,5)11;1-5-6(8)9-7(2,3)4;1-3(2)4(5)6/h6-7H2,1-5H3;6-7,11H2,1-5H3;5H,1H2,2-4H3;3H,1-2H3. The molecular weight excluding hydrogens is 562 g/mol. The fraction of sp³-hybridized carbons (Fsp3) is 0.833. The first kappa shape index (κ1) is 46.9. The molecule has 0 saturated carbocycles. The zero-order valence-corrected chi connectivity index (χ0v) is 29.2. The van der Waals surface area contributed by atoms with Crippen LogP contribution >= 0.6 is 0 Å². The van der Waals surface area contributed by atoms with E-state index in [1.807, 2.05) is 55.4 Å². The van der Waals surface area contributed by atoms with Crippen molar-refractivity contribution in [3.05, 3.63) is 32.9 Å². The van der Waals surface area contributed by atoms with Gasteiger partial charge in [0.25, 0.3) is 0 Å². The Labute approximate surface area is 258 Å². The van der Waals surface area contributed by atoms with Crippen molar-refractivity contribution in [3.63, 3.8) is 0 Å². The molecule has 13 nitrogen and oxygen atoms in total. The highest BCUT2D eigenvalue weighted by atomic mass is 16.6. The van der Waals surface area contributed by atoms with Crippen LogP contribution in [0.4, 0.5) is 0 Å². The molecule has 0 aliphatic carbocycles. The molecule has 0 heterocycles. The smallest absolute Gasteiger partial charge is 0.330 e. The number of carbonyl (C=O) groups is 3. The highest BCUT2D eigenvalue weighted by molar-refractivity contribution is 5.81. The lowest BCUT2D eigenvalue weighted by atomic mass is 10.00. The largest absolute Gasteiger partial charge is 0.460 e. The van der Waals surface area contributed by atoms with Crippen molar-refractivity contribution in [3.8, 4) is 0 Å². The molecule has 43 heavy (non-hydrogen) atoms. The molecule has 0 amide bonds. The summed E-state index contributed by atoms with van der Waals surface area (Å²) in [6, 6.07) is -0.426. The Morgan fingerprint density at radius 1 is 0.721 bits per heavy atom. The molecule has 0 atom stereocenters. The summed E-state index contributed by atoms with van der Waals surface area (Å²) in [7, 11) is 0. The predicted octanol–water partition coefficient (Wildman–Crippen LogP) is 6.19. The summed E-state index contributed by atoms with van der Waals surface area (Å²) in [4.78, 5) is 52.4. The molecule has 0 radical (unpaired) electrons. The van der Waals surface area contributed by atoms with Crippen molar-refractivity contribution >= 4 is 17.9 Å². The molecule has 0 aromatic rings. The Morgan fingerprint density at radius 3 is 1.21 bits per heavy atom. The first-order valence-corrected chi connectivity index (χ1v) is 14.1. The Kier molecular flexibility index (Phi) is 21.8. The molecule has 0 aromatic carbocycles. The number of hydrogen-bond donors (Lipinski definition) is 1. The van der Waals surface area contributed by atoms with Crippen molar-refractivity contribution in [1.82, 2.24) is 0 Å². The number of nitrogens with two attached hydrogens (primary N) is 1. The summed E-state index contributed by atoms with van der Waals surface area (Å²) in [6.45, 7) is 29.5. The Hall–Kier alpha value is -3.09. The number of esters is 3. The van der Waals surface area contributed by atoms with Gasteiger partial charge in [-0.3, -0.25) is 29.8 Å². The van der Waals surface area contributed by atoms with Crippen LogP contribution in [0.25, 0.3) is 0 Å². The van der Waals surface area contributed by atoms with Gasteiger partial charge in [0.1, 0.15) is 16.8 Å². The third-order valence-corrected chi connectivity index (χ3v) is 4.24. The molecule has 2 N–H and O–H groups in total. The topological polar surface area (TPSA) is 191 Å². The van der Waals surface area contributed by atoms with Crippen LogP contribution in [0.1, 0.15) is 130 Å². The fourth-order valence-corrected chi connectivity index (χ4v) is 2.05. The lowest BCUT2D eigenvalue weighted by Crippen LogP contribution is -2.33. The zero-order valence-electron chi connectivity index (χ0n) is 29.2. The third kappa shape index (κ3) is 41.1. The highest BCUT2D eigenvalue weighted by Crippen LogP contribution is 2.17.